The lowest BCUT2D eigenvalue weighted by Gasteiger charge is -2.24. The Bertz CT molecular complexity index is 1090. The molecule has 1 aliphatic heterocycles. The van der Waals surface area contributed by atoms with Crippen molar-refractivity contribution < 1.29 is 0 Å². The third-order valence-electron chi connectivity index (χ3n) is 5.45. The molecular formula is C25H28ClN5. The first-order valence-electron chi connectivity index (χ1n) is 10.4. The van der Waals surface area contributed by atoms with Gasteiger partial charge < -0.3 is 15.1 Å². The number of hydrogen-bond donors (Lipinski definition) is 1. The summed E-state index contributed by atoms with van der Waals surface area (Å²) in [4.78, 5) is 13.2. The van der Waals surface area contributed by atoms with Gasteiger partial charge in [0.05, 0.1) is 12.4 Å². The van der Waals surface area contributed by atoms with Crippen LogP contribution in [-0.4, -0.2) is 21.5 Å². The van der Waals surface area contributed by atoms with Gasteiger partial charge in [-0.1, -0.05) is 44.5 Å². The van der Waals surface area contributed by atoms with Crippen LogP contribution >= 0.6 is 11.6 Å². The maximum atomic E-state index is 6.16. The van der Waals surface area contributed by atoms with Crippen LogP contribution in [0, 0.1) is 0 Å². The van der Waals surface area contributed by atoms with Crippen molar-refractivity contribution in [1.29, 1.82) is 0 Å². The second-order valence-corrected chi connectivity index (χ2v) is 9.25. The third kappa shape index (κ3) is 5.00. The van der Waals surface area contributed by atoms with Crippen LogP contribution in [0.2, 0.25) is 5.15 Å². The topological polar surface area (TPSA) is 44.3 Å². The van der Waals surface area contributed by atoms with Crippen LogP contribution in [0.25, 0.3) is 0 Å². The zero-order valence-electron chi connectivity index (χ0n) is 18.4. The second-order valence-electron chi connectivity index (χ2n) is 8.89. The molecule has 31 heavy (non-hydrogen) atoms. The normalized spacial score (nSPS) is 14.0. The van der Waals surface area contributed by atoms with Gasteiger partial charge >= 0.3 is 0 Å². The number of benzene rings is 1. The van der Waals surface area contributed by atoms with Crippen LogP contribution in [0.5, 0.6) is 0 Å². The summed E-state index contributed by atoms with van der Waals surface area (Å²) in [6, 6.07) is 16.7. The SMILES string of the molecule is CC1=CN(c2ccc(C(C)(C)C)cc2)CN1Cc1ccnc(Nc2cccnc2Cl)c1. The highest BCUT2D eigenvalue weighted by Crippen LogP contribution is 2.29. The summed E-state index contributed by atoms with van der Waals surface area (Å²) in [6.07, 6.45) is 5.70. The second kappa shape index (κ2) is 8.60. The smallest absolute Gasteiger partial charge is 0.152 e. The first-order valence-corrected chi connectivity index (χ1v) is 10.8. The summed E-state index contributed by atoms with van der Waals surface area (Å²) in [7, 11) is 0. The summed E-state index contributed by atoms with van der Waals surface area (Å²) in [5.41, 5.74) is 5.87. The lowest BCUT2D eigenvalue weighted by atomic mass is 9.87. The largest absolute Gasteiger partial charge is 0.351 e. The molecule has 0 radical (unpaired) electrons. The summed E-state index contributed by atoms with van der Waals surface area (Å²) in [6.45, 7) is 10.5. The highest BCUT2D eigenvalue weighted by Gasteiger charge is 2.20. The Balaban J connectivity index is 1.44. The van der Waals surface area contributed by atoms with E-state index in [9.17, 15) is 0 Å². The van der Waals surface area contributed by atoms with Crippen molar-refractivity contribution in [3.8, 4) is 0 Å². The fourth-order valence-electron chi connectivity index (χ4n) is 3.61. The molecule has 0 bridgehead atoms. The van der Waals surface area contributed by atoms with Crippen LogP contribution in [0.1, 0.15) is 38.8 Å². The number of anilines is 3. The van der Waals surface area contributed by atoms with Gasteiger partial charge in [-0.15, -0.1) is 0 Å². The van der Waals surface area contributed by atoms with E-state index in [2.05, 4.69) is 89.3 Å². The van der Waals surface area contributed by atoms with E-state index in [1.54, 1.807) is 6.20 Å². The number of pyridine rings is 2. The minimum absolute atomic E-state index is 0.161. The molecule has 1 aliphatic rings. The summed E-state index contributed by atoms with van der Waals surface area (Å²) >= 11 is 6.16. The molecule has 0 aliphatic carbocycles. The molecule has 4 rings (SSSR count). The van der Waals surface area contributed by atoms with Gasteiger partial charge in [0, 0.05) is 36.5 Å². The lowest BCUT2D eigenvalue weighted by Crippen LogP contribution is -2.26. The molecule has 160 valence electrons. The maximum Gasteiger partial charge on any atom is 0.152 e. The Morgan fingerprint density at radius 1 is 1.03 bits per heavy atom. The van der Waals surface area contributed by atoms with Crippen molar-refractivity contribution in [2.75, 3.05) is 16.9 Å². The van der Waals surface area contributed by atoms with Crippen molar-refractivity contribution in [3.63, 3.8) is 0 Å². The molecule has 0 fully saturated rings. The van der Waals surface area contributed by atoms with E-state index in [-0.39, 0.29) is 5.41 Å². The zero-order chi connectivity index (χ0) is 22.0. The van der Waals surface area contributed by atoms with Gasteiger partial charge in [0.1, 0.15) is 5.82 Å². The fraction of sp³-hybridized carbons (Fsp3) is 0.280. The molecule has 0 spiro atoms. The zero-order valence-corrected chi connectivity index (χ0v) is 19.2. The molecule has 0 saturated carbocycles. The molecule has 3 aromatic rings. The van der Waals surface area contributed by atoms with Crippen LogP contribution in [-0.2, 0) is 12.0 Å². The molecule has 5 nitrogen and oxygen atoms in total. The fourth-order valence-corrected chi connectivity index (χ4v) is 3.77. The van der Waals surface area contributed by atoms with Crippen molar-refractivity contribution in [2.45, 2.75) is 39.7 Å². The minimum Gasteiger partial charge on any atom is -0.351 e. The third-order valence-corrected chi connectivity index (χ3v) is 5.75. The van der Waals surface area contributed by atoms with E-state index < -0.39 is 0 Å². The molecule has 6 heteroatoms. The monoisotopic (exact) mass is 433 g/mol. The summed E-state index contributed by atoms with van der Waals surface area (Å²) in [5.74, 6) is 0.753. The Labute approximate surface area is 189 Å². The van der Waals surface area contributed by atoms with Gasteiger partial charge in [0.2, 0.25) is 0 Å². The van der Waals surface area contributed by atoms with Crippen molar-refractivity contribution in [2.24, 2.45) is 0 Å². The lowest BCUT2D eigenvalue weighted by molar-refractivity contribution is 0.370. The van der Waals surface area contributed by atoms with E-state index in [0.717, 1.165) is 24.7 Å². The van der Waals surface area contributed by atoms with Crippen LogP contribution in [0.15, 0.2) is 72.8 Å². The Hall–Kier alpha value is -3.05. The number of allylic oxidation sites excluding steroid dienone is 1. The van der Waals surface area contributed by atoms with Gasteiger partial charge in [-0.05, 0) is 59.9 Å². The number of nitrogens with one attached hydrogen (secondary N) is 1. The Morgan fingerprint density at radius 2 is 1.81 bits per heavy atom. The van der Waals surface area contributed by atoms with E-state index in [4.69, 9.17) is 11.6 Å². The van der Waals surface area contributed by atoms with E-state index >= 15 is 0 Å². The molecular weight excluding hydrogens is 406 g/mol. The number of halogens is 1. The highest BCUT2D eigenvalue weighted by atomic mass is 35.5. The predicted octanol–water partition coefficient (Wildman–Crippen LogP) is 6.31. The van der Waals surface area contributed by atoms with Gasteiger partial charge in [-0.2, -0.15) is 0 Å². The van der Waals surface area contributed by atoms with Gasteiger partial charge in [-0.3, -0.25) is 0 Å². The first kappa shape index (κ1) is 21.2. The summed E-state index contributed by atoms with van der Waals surface area (Å²) in [5, 5.41) is 3.68. The first-order chi connectivity index (χ1) is 14.8. The summed E-state index contributed by atoms with van der Waals surface area (Å²) < 4.78 is 0. The van der Waals surface area contributed by atoms with Gasteiger partial charge in [0.25, 0.3) is 0 Å². The standard InChI is InChI=1S/C25H28ClN5/c1-18-15-31(21-9-7-20(8-10-21)25(2,3)4)17-30(18)16-19-11-13-27-23(14-19)29-22-6-5-12-28-24(22)26/h5-15H,16-17H2,1-4H3,(H,27,29). The maximum absolute atomic E-state index is 6.16. The number of hydrogen-bond acceptors (Lipinski definition) is 5. The molecule has 1 N–H and O–H groups in total. The van der Waals surface area contributed by atoms with Crippen LogP contribution < -0.4 is 10.2 Å². The Morgan fingerprint density at radius 3 is 2.52 bits per heavy atom. The van der Waals surface area contributed by atoms with Crippen LogP contribution in [0.3, 0.4) is 0 Å². The molecule has 3 heterocycles. The van der Waals surface area contributed by atoms with Gasteiger partial charge in [-0.25, -0.2) is 9.97 Å². The quantitative estimate of drug-likeness (QED) is 0.477. The molecule has 0 atom stereocenters. The van der Waals surface area contributed by atoms with Crippen LogP contribution in [0.4, 0.5) is 17.2 Å². The molecule has 0 saturated heterocycles. The minimum atomic E-state index is 0.161. The van der Waals surface area contributed by atoms with E-state index in [1.165, 1.54) is 22.5 Å². The van der Waals surface area contributed by atoms with E-state index in [1.807, 2.05) is 24.4 Å². The van der Waals surface area contributed by atoms with Gasteiger partial charge in [0.15, 0.2) is 5.15 Å². The average molecular weight is 434 g/mol. The van der Waals surface area contributed by atoms with Crippen molar-refractivity contribution in [1.82, 2.24) is 14.9 Å². The molecule has 1 aromatic carbocycles. The predicted molar refractivity (Wildman–Crippen MR) is 129 cm³/mol. The number of rotatable bonds is 5. The average Bonchev–Trinajstić information content (AvgIpc) is 3.10. The molecule has 0 unspecified atom stereocenters. The van der Waals surface area contributed by atoms with Crippen molar-refractivity contribution in [3.05, 3.63) is 89.1 Å². The molecule has 2 aromatic heterocycles. The molecule has 0 amide bonds. The number of aromatic nitrogens is 2. The number of nitrogens with zero attached hydrogens (tertiary/aromatic N) is 4. The highest BCUT2D eigenvalue weighted by molar-refractivity contribution is 6.32. The Kier molecular flexibility index (Phi) is 5.88. The van der Waals surface area contributed by atoms with Crippen molar-refractivity contribution >= 4 is 28.8 Å². The van der Waals surface area contributed by atoms with E-state index in [0.29, 0.717) is 5.15 Å².